The van der Waals surface area contributed by atoms with E-state index in [1.807, 2.05) is 13.0 Å². The quantitative estimate of drug-likeness (QED) is 0.789. The summed E-state index contributed by atoms with van der Waals surface area (Å²) in [4.78, 5) is 4.28. The Labute approximate surface area is 117 Å². The molecule has 6 heteroatoms. The van der Waals surface area contributed by atoms with Gasteiger partial charge in [-0.1, -0.05) is 23.9 Å². The Bertz CT molecular complexity index is 541. The standard InChI is InChI=1S/C13H18N4OS/c1-9-15-13(17-16-9)19-8-11-7-10(5-6-14)3-4-12(11)18-2/h3-4,7H,5-6,8,14H2,1-2H3,(H,15,16,17). The van der Waals surface area contributed by atoms with Crippen LogP contribution < -0.4 is 10.5 Å². The third kappa shape index (κ3) is 3.71. The number of aromatic nitrogens is 3. The van der Waals surface area contributed by atoms with Gasteiger partial charge in [-0.05, 0) is 31.5 Å². The van der Waals surface area contributed by atoms with Crippen LogP contribution in [0.3, 0.4) is 0 Å². The van der Waals surface area contributed by atoms with Crippen molar-refractivity contribution in [3.63, 3.8) is 0 Å². The molecule has 0 unspecified atom stereocenters. The van der Waals surface area contributed by atoms with Crippen molar-refractivity contribution in [3.05, 3.63) is 35.2 Å². The molecule has 2 aromatic rings. The molecule has 3 N–H and O–H groups in total. The lowest BCUT2D eigenvalue weighted by atomic mass is 10.1. The first-order chi connectivity index (χ1) is 9.22. The Morgan fingerprint density at radius 3 is 2.89 bits per heavy atom. The number of benzene rings is 1. The first-order valence-electron chi connectivity index (χ1n) is 6.10. The van der Waals surface area contributed by atoms with Crippen LogP contribution in [0, 0.1) is 6.92 Å². The van der Waals surface area contributed by atoms with Gasteiger partial charge in [0, 0.05) is 11.3 Å². The first kappa shape index (κ1) is 13.9. The molecule has 0 aliphatic rings. The smallest absolute Gasteiger partial charge is 0.208 e. The molecule has 0 amide bonds. The zero-order valence-electron chi connectivity index (χ0n) is 11.1. The van der Waals surface area contributed by atoms with E-state index in [1.165, 1.54) is 5.56 Å². The van der Waals surface area contributed by atoms with Crippen molar-refractivity contribution in [3.8, 4) is 5.75 Å². The number of ether oxygens (including phenoxy) is 1. The van der Waals surface area contributed by atoms with Crippen LogP contribution in [0.2, 0.25) is 0 Å². The van der Waals surface area contributed by atoms with E-state index in [9.17, 15) is 0 Å². The number of aryl methyl sites for hydroxylation is 1. The molecule has 1 heterocycles. The summed E-state index contributed by atoms with van der Waals surface area (Å²) in [5, 5.41) is 7.70. The number of nitrogens with one attached hydrogen (secondary N) is 1. The Morgan fingerprint density at radius 1 is 1.42 bits per heavy atom. The lowest BCUT2D eigenvalue weighted by Crippen LogP contribution is -2.03. The van der Waals surface area contributed by atoms with Crippen LogP contribution in [0.1, 0.15) is 17.0 Å². The molecule has 0 saturated heterocycles. The van der Waals surface area contributed by atoms with Crippen LogP contribution in [-0.2, 0) is 12.2 Å². The molecule has 1 aromatic heterocycles. The minimum Gasteiger partial charge on any atom is -0.496 e. The minimum absolute atomic E-state index is 0.652. The highest BCUT2D eigenvalue weighted by molar-refractivity contribution is 7.98. The highest BCUT2D eigenvalue weighted by atomic mass is 32.2. The third-order valence-electron chi connectivity index (χ3n) is 2.71. The van der Waals surface area contributed by atoms with Crippen LogP contribution in [-0.4, -0.2) is 28.8 Å². The molecule has 102 valence electrons. The van der Waals surface area contributed by atoms with Crippen molar-refractivity contribution in [1.29, 1.82) is 0 Å². The summed E-state index contributed by atoms with van der Waals surface area (Å²) in [6.07, 6.45) is 0.876. The van der Waals surface area contributed by atoms with E-state index in [1.54, 1.807) is 18.9 Å². The van der Waals surface area contributed by atoms with E-state index in [4.69, 9.17) is 10.5 Å². The van der Waals surface area contributed by atoms with Crippen molar-refractivity contribution < 1.29 is 4.74 Å². The molecule has 5 nitrogen and oxygen atoms in total. The van der Waals surface area contributed by atoms with Crippen LogP contribution in [0.15, 0.2) is 23.4 Å². The monoisotopic (exact) mass is 278 g/mol. The van der Waals surface area contributed by atoms with Crippen molar-refractivity contribution in [2.75, 3.05) is 13.7 Å². The maximum atomic E-state index is 5.59. The number of thioether (sulfide) groups is 1. The fourth-order valence-corrected chi connectivity index (χ4v) is 2.62. The molecule has 0 saturated carbocycles. The van der Waals surface area contributed by atoms with Gasteiger partial charge in [-0.15, -0.1) is 5.10 Å². The van der Waals surface area contributed by atoms with Crippen LogP contribution in [0.25, 0.3) is 0 Å². The molecule has 0 atom stereocenters. The number of hydrogen-bond donors (Lipinski definition) is 2. The van der Waals surface area contributed by atoms with E-state index in [0.29, 0.717) is 6.54 Å². The zero-order chi connectivity index (χ0) is 13.7. The van der Waals surface area contributed by atoms with Gasteiger partial charge < -0.3 is 10.5 Å². The summed E-state index contributed by atoms with van der Waals surface area (Å²) >= 11 is 1.59. The molecule has 0 radical (unpaired) electrons. The summed E-state index contributed by atoms with van der Waals surface area (Å²) in [7, 11) is 1.68. The third-order valence-corrected chi connectivity index (χ3v) is 3.61. The number of H-pyrrole nitrogens is 1. The van der Waals surface area contributed by atoms with E-state index >= 15 is 0 Å². The summed E-state index contributed by atoms with van der Waals surface area (Å²) in [6, 6.07) is 6.18. The van der Waals surface area contributed by atoms with Gasteiger partial charge in [-0.2, -0.15) is 0 Å². The molecule has 0 spiro atoms. The summed E-state index contributed by atoms with van der Waals surface area (Å²) in [5.41, 5.74) is 7.95. The van der Waals surface area contributed by atoms with Crippen molar-refractivity contribution in [1.82, 2.24) is 15.2 Å². The largest absolute Gasteiger partial charge is 0.496 e. The Hall–Kier alpha value is -1.53. The second-order valence-electron chi connectivity index (χ2n) is 4.18. The van der Waals surface area contributed by atoms with E-state index < -0.39 is 0 Å². The zero-order valence-corrected chi connectivity index (χ0v) is 12.0. The fraction of sp³-hybridized carbons (Fsp3) is 0.385. The average Bonchev–Trinajstić information content (AvgIpc) is 2.83. The van der Waals surface area contributed by atoms with Crippen molar-refractivity contribution in [2.45, 2.75) is 24.3 Å². The van der Waals surface area contributed by atoms with Crippen LogP contribution in [0.5, 0.6) is 5.75 Å². The van der Waals surface area contributed by atoms with Gasteiger partial charge in [0.1, 0.15) is 11.6 Å². The molecular weight excluding hydrogens is 260 g/mol. The lowest BCUT2D eigenvalue weighted by Gasteiger charge is -2.09. The predicted molar refractivity (Wildman–Crippen MR) is 76.4 cm³/mol. The Morgan fingerprint density at radius 2 is 2.26 bits per heavy atom. The number of nitrogens with zero attached hydrogens (tertiary/aromatic N) is 2. The first-order valence-corrected chi connectivity index (χ1v) is 7.09. The normalized spacial score (nSPS) is 10.7. The average molecular weight is 278 g/mol. The highest BCUT2D eigenvalue weighted by Crippen LogP contribution is 2.27. The summed E-state index contributed by atoms with van der Waals surface area (Å²) < 4.78 is 5.38. The highest BCUT2D eigenvalue weighted by Gasteiger charge is 2.07. The number of rotatable bonds is 6. The van der Waals surface area contributed by atoms with E-state index in [2.05, 4.69) is 27.3 Å². The van der Waals surface area contributed by atoms with Crippen LogP contribution >= 0.6 is 11.8 Å². The Balaban J connectivity index is 2.10. The topological polar surface area (TPSA) is 76.8 Å². The van der Waals surface area contributed by atoms with Crippen molar-refractivity contribution >= 4 is 11.8 Å². The maximum Gasteiger partial charge on any atom is 0.208 e. The SMILES string of the molecule is COc1ccc(CCN)cc1CSc1n[nH]c(C)n1. The number of nitrogens with two attached hydrogens (primary N) is 1. The molecule has 0 aliphatic carbocycles. The summed E-state index contributed by atoms with van der Waals surface area (Å²) in [5.74, 6) is 2.49. The second-order valence-corrected chi connectivity index (χ2v) is 5.12. The van der Waals surface area contributed by atoms with Gasteiger partial charge in [0.05, 0.1) is 7.11 Å². The second kappa shape index (κ2) is 6.58. The molecule has 0 bridgehead atoms. The van der Waals surface area contributed by atoms with E-state index in [0.717, 1.165) is 34.5 Å². The molecule has 2 rings (SSSR count). The predicted octanol–water partition coefficient (Wildman–Crippen LogP) is 1.92. The van der Waals surface area contributed by atoms with Gasteiger partial charge >= 0.3 is 0 Å². The molecule has 0 aliphatic heterocycles. The number of hydrogen-bond acceptors (Lipinski definition) is 5. The minimum atomic E-state index is 0.652. The van der Waals surface area contributed by atoms with E-state index in [-0.39, 0.29) is 0 Å². The molecule has 1 aromatic carbocycles. The van der Waals surface area contributed by atoms with Gasteiger partial charge in [0.2, 0.25) is 5.16 Å². The molecular formula is C13H18N4OS. The fourth-order valence-electron chi connectivity index (χ4n) is 1.80. The van der Waals surface area contributed by atoms with Gasteiger partial charge in [0.25, 0.3) is 0 Å². The van der Waals surface area contributed by atoms with Crippen LogP contribution in [0.4, 0.5) is 0 Å². The number of aromatic amines is 1. The van der Waals surface area contributed by atoms with Gasteiger partial charge in [-0.25, -0.2) is 4.98 Å². The summed E-state index contributed by atoms with van der Waals surface area (Å²) in [6.45, 7) is 2.54. The Kier molecular flexibility index (Phi) is 4.81. The van der Waals surface area contributed by atoms with Gasteiger partial charge in [0.15, 0.2) is 0 Å². The molecule has 0 fully saturated rings. The van der Waals surface area contributed by atoms with Crippen molar-refractivity contribution in [2.24, 2.45) is 5.73 Å². The number of methoxy groups -OCH3 is 1. The maximum absolute atomic E-state index is 5.59. The lowest BCUT2D eigenvalue weighted by molar-refractivity contribution is 0.411. The molecule has 19 heavy (non-hydrogen) atoms. The van der Waals surface area contributed by atoms with Gasteiger partial charge in [-0.3, -0.25) is 5.10 Å².